The fraction of sp³-hybridized carbons (Fsp3) is 1.00. The second kappa shape index (κ2) is 3.73. The van der Waals surface area contributed by atoms with Crippen LogP contribution < -0.4 is 0 Å². The molecule has 72 valence electrons. The van der Waals surface area contributed by atoms with Gasteiger partial charge in [-0.2, -0.15) is 0 Å². The van der Waals surface area contributed by atoms with E-state index in [0.29, 0.717) is 6.04 Å². The van der Waals surface area contributed by atoms with E-state index in [1.807, 2.05) is 13.8 Å². The minimum atomic E-state index is -0.592. The van der Waals surface area contributed by atoms with Crippen LogP contribution in [0.5, 0.6) is 0 Å². The maximum Gasteiger partial charge on any atom is 0.0718 e. The molecule has 1 N–H and O–H groups in total. The molecule has 1 aliphatic heterocycles. The van der Waals surface area contributed by atoms with Crippen LogP contribution in [0, 0.1) is 0 Å². The van der Waals surface area contributed by atoms with Gasteiger partial charge in [-0.3, -0.25) is 4.90 Å². The second-order valence-corrected chi connectivity index (χ2v) is 4.21. The van der Waals surface area contributed by atoms with Gasteiger partial charge in [-0.05, 0) is 20.8 Å². The Labute approximate surface area is 74.3 Å². The lowest BCUT2D eigenvalue weighted by Gasteiger charge is -2.36. The van der Waals surface area contributed by atoms with Gasteiger partial charge >= 0.3 is 0 Å². The van der Waals surface area contributed by atoms with Gasteiger partial charge < -0.3 is 9.84 Å². The van der Waals surface area contributed by atoms with Gasteiger partial charge in [0.2, 0.25) is 0 Å². The lowest BCUT2D eigenvalue weighted by Crippen LogP contribution is -2.49. The Morgan fingerprint density at radius 2 is 2.25 bits per heavy atom. The molecule has 1 fully saturated rings. The molecule has 0 saturated carbocycles. The zero-order valence-corrected chi connectivity index (χ0v) is 8.21. The van der Waals surface area contributed by atoms with Crippen molar-refractivity contribution in [3.63, 3.8) is 0 Å². The predicted octanol–water partition coefficient (Wildman–Crippen LogP) is 0.478. The molecule has 3 heteroatoms. The summed E-state index contributed by atoms with van der Waals surface area (Å²) >= 11 is 0. The highest BCUT2D eigenvalue weighted by Crippen LogP contribution is 2.11. The molecule has 1 rings (SSSR count). The van der Waals surface area contributed by atoms with Gasteiger partial charge in [0.25, 0.3) is 0 Å². The van der Waals surface area contributed by atoms with Gasteiger partial charge in [0.15, 0.2) is 0 Å². The zero-order valence-electron chi connectivity index (χ0n) is 8.21. The highest BCUT2D eigenvalue weighted by atomic mass is 16.5. The SMILES string of the molecule is C[C@@H]1COCCN1CC(C)(C)O. The number of hydrogen-bond acceptors (Lipinski definition) is 3. The Hall–Kier alpha value is -0.120. The van der Waals surface area contributed by atoms with Crippen LogP contribution in [0.2, 0.25) is 0 Å². The largest absolute Gasteiger partial charge is 0.389 e. The maximum absolute atomic E-state index is 9.61. The number of morpholine rings is 1. The van der Waals surface area contributed by atoms with E-state index < -0.39 is 5.60 Å². The minimum Gasteiger partial charge on any atom is -0.389 e. The van der Waals surface area contributed by atoms with E-state index >= 15 is 0 Å². The summed E-state index contributed by atoms with van der Waals surface area (Å²) in [5.74, 6) is 0. The first-order valence-electron chi connectivity index (χ1n) is 4.53. The first-order valence-corrected chi connectivity index (χ1v) is 4.53. The summed E-state index contributed by atoms with van der Waals surface area (Å²) in [6.07, 6.45) is 0. The summed E-state index contributed by atoms with van der Waals surface area (Å²) in [4.78, 5) is 2.27. The lowest BCUT2D eigenvalue weighted by atomic mass is 10.1. The zero-order chi connectivity index (χ0) is 9.19. The third-order valence-electron chi connectivity index (χ3n) is 2.10. The molecule has 1 saturated heterocycles. The van der Waals surface area contributed by atoms with Gasteiger partial charge in [-0.15, -0.1) is 0 Å². The van der Waals surface area contributed by atoms with Crippen molar-refractivity contribution in [1.29, 1.82) is 0 Å². The minimum absolute atomic E-state index is 0.435. The standard InChI is InChI=1S/C9H19NO2/c1-8-6-12-5-4-10(8)7-9(2,3)11/h8,11H,4-7H2,1-3H3/t8-/m1/s1. The summed E-state index contributed by atoms with van der Waals surface area (Å²) in [5.41, 5.74) is -0.592. The van der Waals surface area contributed by atoms with Crippen LogP contribution in [-0.2, 0) is 4.74 Å². The van der Waals surface area contributed by atoms with Gasteiger partial charge in [-0.1, -0.05) is 0 Å². The maximum atomic E-state index is 9.61. The van der Waals surface area contributed by atoms with Crippen molar-refractivity contribution in [2.45, 2.75) is 32.4 Å². The molecule has 0 bridgehead atoms. The number of aliphatic hydroxyl groups is 1. The Morgan fingerprint density at radius 1 is 1.58 bits per heavy atom. The van der Waals surface area contributed by atoms with Crippen LogP contribution in [0.4, 0.5) is 0 Å². The monoisotopic (exact) mass is 173 g/mol. The quantitative estimate of drug-likeness (QED) is 0.659. The van der Waals surface area contributed by atoms with Crippen molar-refractivity contribution in [1.82, 2.24) is 4.90 Å². The van der Waals surface area contributed by atoms with E-state index in [0.717, 1.165) is 26.3 Å². The number of hydrogen-bond donors (Lipinski definition) is 1. The van der Waals surface area contributed by atoms with Crippen LogP contribution >= 0.6 is 0 Å². The number of ether oxygens (including phenoxy) is 1. The molecule has 0 aromatic heterocycles. The Balaban J connectivity index is 2.39. The van der Waals surface area contributed by atoms with Crippen LogP contribution in [-0.4, -0.2) is 48.0 Å². The van der Waals surface area contributed by atoms with Gasteiger partial charge in [0.1, 0.15) is 0 Å². The van der Waals surface area contributed by atoms with Gasteiger partial charge in [0.05, 0.1) is 18.8 Å². The molecular weight excluding hydrogens is 154 g/mol. The summed E-state index contributed by atoms with van der Waals surface area (Å²) in [6.45, 7) is 9.06. The smallest absolute Gasteiger partial charge is 0.0718 e. The summed E-state index contributed by atoms with van der Waals surface area (Å²) in [6, 6.07) is 0.435. The highest BCUT2D eigenvalue weighted by molar-refractivity contribution is 4.78. The third-order valence-corrected chi connectivity index (χ3v) is 2.10. The van der Waals surface area contributed by atoms with E-state index in [1.165, 1.54) is 0 Å². The molecule has 12 heavy (non-hydrogen) atoms. The molecule has 0 radical (unpaired) electrons. The fourth-order valence-electron chi connectivity index (χ4n) is 1.49. The molecule has 1 aliphatic rings. The first-order chi connectivity index (χ1) is 5.49. The lowest BCUT2D eigenvalue weighted by molar-refractivity contribution is -0.0418. The van der Waals surface area contributed by atoms with Crippen molar-refractivity contribution >= 4 is 0 Å². The third kappa shape index (κ3) is 3.09. The molecule has 0 aromatic carbocycles. The molecule has 0 unspecified atom stereocenters. The normalized spacial score (nSPS) is 27.5. The molecule has 1 heterocycles. The molecule has 0 aliphatic carbocycles. The van der Waals surface area contributed by atoms with Crippen molar-refractivity contribution < 1.29 is 9.84 Å². The van der Waals surface area contributed by atoms with Crippen LogP contribution in [0.25, 0.3) is 0 Å². The van der Waals surface area contributed by atoms with Crippen molar-refractivity contribution in [2.75, 3.05) is 26.3 Å². The Kier molecular flexibility index (Phi) is 3.09. The van der Waals surface area contributed by atoms with E-state index in [1.54, 1.807) is 0 Å². The predicted molar refractivity (Wildman–Crippen MR) is 48.2 cm³/mol. The van der Waals surface area contributed by atoms with E-state index in [2.05, 4.69) is 11.8 Å². The number of rotatable bonds is 2. The van der Waals surface area contributed by atoms with Crippen molar-refractivity contribution in [3.8, 4) is 0 Å². The Bertz CT molecular complexity index is 142. The average Bonchev–Trinajstić information content (AvgIpc) is 1.91. The van der Waals surface area contributed by atoms with E-state index in [4.69, 9.17) is 4.74 Å². The van der Waals surface area contributed by atoms with E-state index in [-0.39, 0.29) is 0 Å². The van der Waals surface area contributed by atoms with Crippen molar-refractivity contribution in [3.05, 3.63) is 0 Å². The summed E-state index contributed by atoms with van der Waals surface area (Å²) in [7, 11) is 0. The molecule has 0 aromatic rings. The van der Waals surface area contributed by atoms with E-state index in [9.17, 15) is 5.11 Å². The number of β-amino-alcohol motifs (C(OH)–C–C–N with tert-alkyl or cyclic N) is 1. The first kappa shape index (κ1) is 9.96. The molecule has 1 atom stereocenters. The van der Waals surface area contributed by atoms with Crippen LogP contribution in [0.15, 0.2) is 0 Å². The number of nitrogens with zero attached hydrogens (tertiary/aromatic N) is 1. The van der Waals surface area contributed by atoms with Crippen LogP contribution in [0.3, 0.4) is 0 Å². The van der Waals surface area contributed by atoms with Gasteiger partial charge in [0, 0.05) is 19.1 Å². The summed E-state index contributed by atoms with van der Waals surface area (Å²) < 4.78 is 5.30. The Morgan fingerprint density at radius 3 is 2.75 bits per heavy atom. The second-order valence-electron chi connectivity index (χ2n) is 4.21. The average molecular weight is 173 g/mol. The topological polar surface area (TPSA) is 32.7 Å². The molecule has 3 nitrogen and oxygen atoms in total. The molecule has 0 spiro atoms. The molecular formula is C9H19NO2. The fourth-order valence-corrected chi connectivity index (χ4v) is 1.49. The van der Waals surface area contributed by atoms with Crippen molar-refractivity contribution in [2.24, 2.45) is 0 Å². The van der Waals surface area contributed by atoms with Crippen LogP contribution in [0.1, 0.15) is 20.8 Å². The van der Waals surface area contributed by atoms with Gasteiger partial charge in [-0.25, -0.2) is 0 Å². The summed E-state index contributed by atoms with van der Waals surface area (Å²) in [5, 5.41) is 9.61. The highest BCUT2D eigenvalue weighted by Gasteiger charge is 2.24. The molecule has 0 amide bonds.